The molecule has 5 N–H and O–H groups in total. The van der Waals surface area contributed by atoms with Crippen LogP contribution in [0.5, 0.6) is 5.75 Å². The number of hydrogen-bond acceptors (Lipinski definition) is 17. The molecule has 0 spiro atoms. The number of benzene rings is 2. The van der Waals surface area contributed by atoms with Gasteiger partial charge in [-0.25, -0.2) is 4.98 Å². The van der Waals surface area contributed by atoms with Gasteiger partial charge in [-0.2, -0.15) is 0 Å². The van der Waals surface area contributed by atoms with Crippen LogP contribution in [0.2, 0.25) is 0 Å². The highest BCUT2D eigenvalue weighted by molar-refractivity contribution is 7.13. The molecule has 2 aromatic carbocycles. The molecule has 81 heavy (non-hydrogen) atoms. The second kappa shape index (κ2) is 24.3. The van der Waals surface area contributed by atoms with Crippen LogP contribution in [-0.2, 0) is 14.3 Å². The van der Waals surface area contributed by atoms with E-state index in [0.717, 1.165) is 111 Å². The summed E-state index contributed by atoms with van der Waals surface area (Å²) in [6.45, 7) is 18.6. The first-order chi connectivity index (χ1) is 39.3. The number of amides is 2. The Morgan fingerprint density at radius 3 is 2.20 bits per heavy atom. The van der Waals surface area contributed by atoms with Crippen LogP contribution in [0.15, 0.2) is 70.7 Å². The molecule has 0 radical (unpaired) electrons. The average Bonchev–Trinajstić information content (AvgIpc) is 4.33. The van der Waals surface area contributed by atoms with E-state index in [9.17, 15) is 19.8 Å². The van der Waals surface area contributed by atoms with Crippen LogP contribution in [0, 0.1) is 24.7 Å². The second-order valence-electron chi connectivity index (χ2n) is 25.1. The van der Waals surface area contributed by atoms with E-state index in [1.165, 1.54) is 58.2 Å². The Balaban J connectivity index is 0.541. The van der Waals surface area contributed by atoms with Gasteiger partial charge >= 0.3 is 0 Å². The molecule has 5 aromatic rings. The van der Waals surface area contributed by atoms with Crippen LogP contribution < -0.4 is 20.9 Å². The molecule has 12 rings (SSSR count). The summed E-state index contributed by atoms with van der Waals surface area (Å²) in [7, 11) is 0. The summed E-state index contributed by atoms with van der Waals surface area (Å²) >= 11 is 1.61. The van der Waals surface area contributed by atoms with Gasteiger partial charge in [0.25, 0.3) is 0 Å². The number of anilines is 3. The molecule has 1 aliphatic carbocycles. The Bertz CT molecular complexity index is 2930. The number of phenols is 1. The number of rotatable bonds is 17. The van der Waals surface area contributed by atoms with Crippen LogP contribution in [0.25, 0.3) is 21.7 Å². The SMILES string of the molecule is Cc1ncsc1-c1ccc([C@H](C)NC(=O)[C@@H]2C[C@@H](O)CN2C(=O)[C@@H](c2cc(N3CCC(CN4CCC(OC5CC(N6CCC(CN7C8CCC7CN(c7cc(-c9ccccc9O)nnc7N)C8)CC6)C5)CC4)CC3)no2)C(C)C)cc1. The van der Waals surface area contributed by atoms with E-state index < -0.39 is 18.1 Å². The number of nitrogens with one attached hydrogen (secondary N) is 1. The van der Waals surface area contributed by atoms with E-state index in [1.807, 2.05) is 75.7 Å². The summed E-state index contributed by atoms with van der Waals surface area (Å²) in [4.78, 5) is 48.2. The number of aliphatic hydroxyl groups is 1. The second-order valence-corrected chi connectivity index (χ2v) is 26.0. The fraction of sp³-hybridized carbons (Fsp3) is 0.613. The number of piperazine rings is 1. The molecule has 1 saturated carbocycles. The zero-order chi connectivity index (χ0) is 55.9. The van der Waals surface area contributed by atoms with Gasteiger partial charge in [0.1, 0.15) is 17.7 Å². The molecular formula is C62H84N12O6S. The van der Waals surface area contributed by atoms with Crippen molar-refractivity contribution in [1.82, 2.24) is 45.3 Å². The van der Waals surface area contributed by atoms with Crippen LogP contribution in [0.4, 0.5) is 17.3 Å². The molecule has 9 heterocycles. The first kappa shape index (κ1) is 55.8. The van der Waals surface area contributed by atoms with Crippen molar-refractivity contribution in [2.75, 3.05) is 87.5 Å². The van der Waals surface area contributed by atoms with Crippen LogP contribution in [-0.4, -0.2) is 176 Å². The first-order valence-corrected chi connectivity index (χ1v) is 31.2. The van der Waals surface area contributed by atoms with E-state index in [2.05, 4.69) is 62.3 Å². The normalized spacial score (nSPS) is 26.3. The number of aliphatic hydroxyl groups excluding tert-OH is 1. The number of ether oxygens (including phenoxy) is 1. The molecule has 3 aromatic heterocycles. The first-order valence-electron chi connectivity index (χ1n) is 30.3. The zero-order valence-electron chi connectivity index (χ0n) is 47.8. The highest BCUT2D eigenvalue weighted by Crippen LogP contribution is 2.40. The molecule has 434 valence electrons. The fourth-order valence-corrected chi connectivity index (χ4v) is 15.4. The van der Waals surface area contributed by atoms with Crippen LogP contribution in [0.3, 0.4) is 0 Å². The highest BCUT2D eigenvalue weighted by Gasteiger charge is 2.45. The van der Waals surface area contributed by atoms with Gasteiger partial charge in [-0.3, -0.25) is 14.5 Å². The minimum atomic E-state index is -0.793. The number of aryl methyl sites for hydroxylation is 1. The summed E-state index contributed by atoms with van der Waals surface area (Å²) in [6, 6.07) is 20.0. The predicted molar refractivity (Wildman–Crippen MR) is 315 cm³/mol. The number of likely N-dealkylation sites (tertiary alicyclic amines) is 3. The van der Waals surface area contributed by atoms with Gasteiger partial charge in [0.2, 0.25) is 11.8 Å². The number of nitrogen functional groups attached to an aromatic ring is 1. The van der Waals surface area contributed by atoms with Gasteiger partial charge in [-0.15, -0.1) is 21.5 Å². The zero-order valence-corrected chi connectivity index (χ0v) is 48.6. The van der Waals surface area contributed by atoms with E-state index in [-0.39, 0.29) is 42.5 Å². The number of carbonyl (C=O) groups excluding carboxylic acids is 2. The molecule has 6 saturated heterocycles. The van der Waals surface area contributed by atoms with Crippen molar-refractivity contribution in [3.63, 3.8) is 0 Å². The number of nitrogens with zero attached hydrogens (tertiary/aromatic N) is 10. The lowest BCUT2D eigenvalue weighted by molar-refractivity contribution is -0.141. The van der Waals surface area contributed by atoms with Crippen molar-refractivity contribution < 1.29 is 29.1 Å². The maximum atomic E-state index is 14.4. The Kier molecular flexibility index (Phi) is 16.7. The summed E-state index contributed by atoms with van der Waals surface area (Å²) in [5.41, 5.74) is 13.5. The molecule has 2 amide bonds. The summed E-state index contributed by atoms with van der Waals surface area (Å²) in [6.07, 6.45) is 11.8. The number of nitrogens with two attached hydrogens (primary N) is 1. The molecule has 2 bridgehead atoms. The van der Waals surface area contributed by atoms with Gasteiger partial charge in [0.05, 0.1) is 51.8 Å². The third-order valence-electron chi connectivity index (χ3n) is 19.4. The largest absolute Gasteiger partial charge is 0.507 e. The van der Waals surface area contributed by atoms with Crippen molar-refractivity contribution in [1.29, 1.82) is 0 Å². The van der Waals surface area contributed by atoms with Crippen molar-refractivity contribution in [3.8, 4) is 27.4 Å². The summed E-state index contributed by atoms with van der Waals surface area (Å²) < 4.78 is 12.7. The van der Waals surface area contributed by atoms with Crippen molar-refractivity contribution in [3.05, 3.63) is 83.2 Å². The Morgan fingerprint density at radius 2 is 1.51 bits per heavy atom. The average molecular weight is 1130 g/mol. The smallest absolute Gasteiger partial charge is 0.243 e. The van der Waals surface area contributed by atoms with Gasteiger partial charge in [0, 0.05) is 95.1 Å². The maximum absolute atomic E-state index is 14.4. The summed E-state index contributed by atoms with van der Waals surface area (Å²) in [5, 5.41) is 37.5. The number of para-hydroxylation sites is 1. The van der Waals surface area contributed by atoms with E-state index in [1.54, 1.807) is 22.3 Å². The lowest BCUT2D eigenvalue weighted by Gasteiger charge is -2.48. The monoisotopic (exact) mass is 1120 g/mol. The molecule has 2 unspecified atom stereocenters. The Morgan fingerprint density at radius 1 is 0.802 bits per heavy atom. The number of carbonyl (C=O) groups is 2. The van der Waals surface area contributed by atoms with E-state index in [4.69, 9.17) is 15.0 Å². The summed E-state index contributed by atoms with van der Waals surface area (Å²) in [5.74, 6) is 2.01. The predicted octanol–water partition coefficient (Wildman–Crippen LogP) is 7.72. The number of phenolic OH excluding ortho intramolecular Hbond substituents is 1. The van der Waals surface area contributed by atoms with Gasteiger partial charge in [-0.05, 0) is 138 Å². The quantitative estimate of drug-likeness (QED) is 0.0703. The third-order valence-corrected chi connectivity index (χ3v) is 20.4. The number of aromatic nitrogens is 4. The molecule has 19 heteroatoms. The topological polar surface area (TPSA) is 206 Å². The highest BCUT2D eigenvalue weighted by atomic mass is 32.1. The molecule has 6 atom stereocenters. The van der Waals surface area contributed by atoms with E-state index in [0.29, 0.717) is 59.1 Å². The number of thiazole rings is 1. The van der Waals surface area contributed by atoms with Crippen molar-refractivity contribution in [2.45, 2.75) is 153 Å². The van der Waals surface area contributed by atoms with Crippen molar-refractivity contribution >= 4 is 40.5 Å². The fourth-order valence-electron chi connectivity index (χ4n) is 14.6. The van der Waals surface area contributed by atoms with Crippen molar-refractivity contribution in [2.24, 2.45) is 17.8 Å². The number of piperidine rings is 3. The standard InChI is InChI=1S/C62H84N12O6S/c1-38(2)58(62(78)74-36-48(75)29-54(74)61(77)65-39(3)43-9-11-44(12-10-43)59-40(4)64-37-81-59)56-31-57(68-80-56)71-25-17-41(18-26-71)32-69-21-19-49(20-22-69)79-50-27-47(28-50)70-23-15-42(16-24-70)33-73-45-13-14-46(73)35-72(34-45)53-30-52(66-67-60(53)63)51-7-5-6-8-55(51)76/h5-12,30-31,37-39,41-42,45-50,54,58,75-76H,13-29,32-36H2,1-4H3,(H2,63,67)(H,65,77)/t39-,45?,46?,47?,48+,50?,54-,58+/m0/s1. The van der Waals surface area contributed by atoms with Gasteiger partial charge in [-0.1, -0.05) is 55.4 Å². The van der Waals surface area contributed by atoms with Gasteiger partial charge < -0.3 is 55.0 Å². The van der Waals surface area contributed by atoms with Gasteiger partial charge in [0.15, 0.2) is 17.4 Å². The lowest BCUT2D eigenvalue weighted by Crippen LogP contribution is -2.56. The molecule has 18 nitrogen and oxygen atoms in total. The molecular weight excluding hydrogens is 1040 g/mol. The number of fused-ring (bicyclic) bond motifs is 2. The van der Waals surface area contributed by atoms with Crippen LogP contribution in [0.1, 0.15) is 120 Å². The Labute approximate surface area is 481 Å². The number of aromatic hydroxyl groups is 1. The molecule has 7 aliphatic rings. The number of hydrogen-bond donors (Lipinski definition) is 4. The minimum Gasteiger partial charge on any atom is -0.507 e. The lowest BCUT2D eigenvalue weighted by atomic mass is 9.84. The Hall–Kier alpha value is -5.70. The third kappa shape index (κ3) is 12.2. The molecule has 7 fully saturated rings. The van der Waals surface area contributed by atoms with Crippen LogP contribution >= 0.6 is 11.3 Å². The van der Waals surface area contributed by atoms with E-state index >= 15 is 0 Å². The maximum Gasteiger partial charge on any atom is 0.243 e. The minimum absolute atomic E-state index is 0.0950. The molecule has 6 aliphatic heterocycles. The number of β-amino-alcohol motifs (C(OH)–C–C–N with tert-alkyl or cyclic N) is 1.